The molecular formula is C33H50ClFN5NaO4. The molecule has 2 atom stereocenters. The summed E-state index contributed by atoms with van der Waals surface area (Å²) in [5.41, 5.74) is 2.93. The van der Waals surface area contributed by atoms with Crippen molar-refractivity contribution in [3.63, 3.8) is 0 Å². The van der Waals surface area contributed by atoms with E-state index in [1.165, 1.54) is 0 Å². The third-order valence-corrected chi connectivity index (χ3v) is 6.25. The molecule has 45 heavy (non-hydrogen) atoms. The van der Waals surface area contributed by atoms with E-state index in [1.54, 1.807) is 23.4 Å². The number of alkyl halides is 1. The molecule has 0 saturated carbocycles. The summed E-state index contributed by atoms with van der Waals surface area (Å²) in [6.45, 7) is 14.8. The van der Waals surface area contributed by atoms with Gasteiger partial charge in [-0.1, -0.05) is 37.2 Å². The van der Waals surface area contributed by atoms with Gasteiger partial charge >= 0.3 is 35.7 Å². The molecule has 2 unspecified atom stereocenters. The van der Waals surface area contributed by atoms with E-state index in [9.17, 15) is 9.18 Å². The number of pyridine rings is 3. The maximum Gasteiger partial charge on any atom is 1.00 e. The minimum Gasteiger partial charge on any atom is -1.00 e. The third kappa shape index (κ3) is 17.7. The molecule has 2 fully saturated rings. The Kier molecular flexibility index (Phi) is 19.9. The Morgan fingerprint density at radius 2 is 1.47 bits per heavy atom. The van der Waals surface area contributed by atoms with Crippen LogP contribution >= 0.6 is 11.6 Å². The summed E-state index contributed by atoms with van der Waals surface area (Å²) < 4.78 is 32.3. The number of hydrogen-bond donors (Lipinski definition) is 1. The Hall–Kier alpha value is -2.50. The fourth-order valence-corrected chi connectivity index (χ4v) is 4.00. The average molecular weight is 659 g/mol. The number of nitrogens with one attached hydrogen (secondary N) is 1. The SMILES string of the molecule is C.Cc1ccc(Cl)nc1.Cc1ccc(OC2CCN(C(=O)OC(C)(C)C)C2)nc1.Cc1ccc(OC2CCNC2)nc1.[2H]CF.[H-].[Na+]. The van der Waals surface area contributed by atoms with E-state index >= 15 is 0 Å². The summed E-state index contributed by atoms with van der Waals surface area (Å²) in [4.78, 5) is 25.9. The van der Waals surface area contributed by atoms with Crippen molar-refractivity contribution < 1.29 is 55.8 Å². The Morgan fingerprint density at radius 3 is 1.87 bits per heavy atom. The van der Waals surface area contributed by atoms with Crippen molar-refractivity contribution in [1.82, 2.24) is 25.2 Å². The van der Waals surface area contributed by atoms with Crippen LogP contribution in [0.5, 0.6) is 11.8 Å². The van der Waals surface area contributed by atoms with Gasteiger partial charge in [0.15, 0.2) is 0 Å². The molecule has 246 valence electrons. The smallest absolute Gasteiger partial charge is 1.00 e. The first-order valence-corrected chi connectivity index (χ1v) is 14.6. The Labute approximate surface area is 298 Å². The first-order valence-electron chi connectivity index (χ1n) is 14.9. The number of likely N-dealkylation sites (tertiary alicyclic amines) is 1. The van der Waals surface area contributed by atoms with Gasteiger partial charge in [-0.05, 0) is 77.3 Å². The number of amides is 1. The van der Waals surface area contributed by atoms with Gasteiger partial charge in [-0.3, -0.25) is 4.39 Å². The summed E-state index contributed by atoms with van der Waals surface area (Å²) >= 11 is 5.50. The molecule has 1 N–H and O–H groups in total. The minimum atomic E-state index is -1.00. The molecule has 12 heteroatoms. The molecule has 5 rings (SSSR count). The van der Waals surface area contributed by atoms with Crippen LogP contribution in [0.4, 0.5) is 9.18 Å². The van der Waals surface area contributed by atoms with Gasteiger partial charge in [0.25, 0.3) is 0 Å². The van der Waals surface area contributed by atoms with Crippen LogP contribution < -0.4 is 44.3 Å². The summed E-state index contributed by atoms with van der Waals surface area (Å²) in [6, 6.07) is 11.5. The molecule has 0 radical (unpaired) electrons. The molecule has 0 spiro atoms. The van der Waals surface area contributed by atoms with Crippen LogP contribution in [-0.2, 0) is 4.74 Å². The number of aromatic nitrogens is 3. The number of ether oxygens (including phenoxy) is 3. The van der Waals surface area contributed by atoms with Gasteiger partial charge in [-0.15, -0.1) is 0 Å². The van der Waals surface area contributed by atoms with E-state index in [0.29, 0.717) is 30.2 Å². The second kappa shape index (κ2) is 22.1. The van der Waals surface area contributed by atoms with Crippen molar-refractivity contribution in [2.75, 3.05) is 33.3 Å². The molecule has 2 aliphatic heterocycles. The van der Waals surface area contributed by atoms with Gasteiger partial charge in [0, 0.05) is 50.2 Å². The maximum absolute atomic E-state index is 11.9. The number of halogens is 2. The second-order valence-electron chi connectivity index (χ2n) is 11.2. The molecule has 0 aliphatic carbocycles. The monoisotopic (exact) mass is 658 g/mol. The fourth-order valence-electron chi connectivity index (χ4n) is 3.88. The molecule has 3 aromatic rings. The Morgan fingerprint density at radius 1 is 0.956 bits per heavy atom. The van der Waals surface area contributed by atoms with Crippen molar-refractivity contribution in [1.29, 1.82) is 0 Å². The van der Waals surface area contributed by atoms with E-state index in [-0.39, 0.29) is 50.6 Å². The number of carbonyl (C=O) groups excluding carboxylic acids is 1. The third-order valence-electron chi connectivity index (χ3n) is 6.03. The van der Waals surface area contributed by atoms with E-state index in [4.69, 9.17) is 27.2 Å². The Bertz CT molecular complexity index is 1220. The molecule has 0 bridgehead atoms. The summed E-state index contributed by atoms with van der Waals surface area (Å²) in [7, 11) is -1.00. The molecule has 1 amide bonds. The molecule has 2 aliphatic rings. The topological polar surface area (TPSA) is 98.7 Å². The molecule has 5 heterocycles. The molecule has 3 aromatic heterocycles. The zero-order chi connectivity index (χ0) is 32.5. The minimum absolute atomic E-state index is 0. The van der Waals surface area contributed by atoms with Gasteiger partial charge in [0.2, 0.25) is 11.8 Å². The zero-order valence-electron chi connectivity index (χ0n) is 29.0. The molecule has 9 nitrogen and oxygen atoms in total. The largest absolute Gasteiger partial charge is 1.00 e. The van der Waals surface area contributed by atoms with Gasteiger partial charge in [-0.25, -0.2) is 19.7 Å². The van der Waals surface area contributed by atoms with Crippen molar-refractivity contribution in [3.05, 3.63) is 76.8 Å². The van der Waals surface area contributed by atoms with E-state index in [1.807, 2.05) is 78.1 Å². The second-order valence-corrected chi connectivity index (χ2v) is 11.6. The van der Waals surface area contributed by atoms with Crippen LogP contribution in [-0.4, -0.2) is 77.1 Å². The number of aryl methyl sites for hydroxylation is 3. The van der Waals surface area contributed by atoms with Crippen LogP contribution in [0.2, 0.25) is 5.15 Å². The van der Waals surface area contributed by atoms with Gasteiger partial charge in [-0.2, -0.15) is 0 Å². The van der Waals surface area contributed by atoms with Crippen molar-refractivity contribution in [2.45, 2.75) is 79.6 Å². The zero-order valence-corrected chi connectivity index (χ0v) is 29.7. The van der Waals surface area contributed by atoms with Crippen LogP contribution in [0.3, 0.4) is 0 Å². The number of carbonyl (C=O) groups is 1. The van der Waals surface area contributed by atoms with Crippen LogP contribution in [0.15, 0.2) is 55.0 Å². The summed E-state index contributed by atoms with van der Waals surface area (Å²) in [5, 5.41) is 3.80. The van der Waals surface area contributed by atoms with Crippen molar-refractivity contribution in [2.24, 2.45) is 0 Å². The van der Waals surface area contributed by atoms with E-state index in [0.717, 1.165) is 48.5 Å². The first-order chi connectivity index (χ1) is 20.9. The fraction of sp³-hybridized carbons (Fsp3) is 0.515. The normalized spacial score (nSPS) is 16.8. The standard InChI is InChI=1S/C15H22N2O3.C10H14N2O.C6H6ClN.CH3F.CH4.Na.H/c1-11-5-6-13(16-9-11)19-12-7-8-17(10-12)14(18)20-15(2,3)4;1-8-2-3-10(12-6-8)13-9-4-5-11-7-9;1-5-2-3-6(7)8-4-5;1-2;;;/h5-6,9,12H,7-8,10H2,1-4H3;2-3,6,9,11H,4-5,7H2,1H3;2-4H,1H3;1H3;1H4;;/q;;;;;+1;-1/i;;;1D;;;. The number of nitrogens with zero attached hydrogens (tertiary/aromatic N) is 4. The van der Waals surface area contributed by atoms with E-state index in [2.05, 4.69) is 20.3 Å². The van der Waals surface area contributed by atoms with Gasteiger partial charge in [0.05, 0.1) is 15.1 Å². The summed E-state index contributed by atoms with van der Waals surface area (Å²) in [5.74, 6) is 1.34. The first kappa shape index (κ1) is 40.5. The quantitative estimate of drug-likeness (QED) is 0.328. The van der Waals surface area contributed by atoms with Crippen LogP contribution in [0, 0.1) is 20.8 Å². The predicted molar refractivity (Wildman–Crippen MR) is 176 cm³/mol. The predicted octanol–water partition coefficient (Wildman–Crippen LogP) is 4.29. The van der Waals surface area contributed by atoms with Gasteiger partial charge < -0.3 is 25.9 Å². The average Bonchev–Trinajstić information content (AvgIpc) is 3.66. The molecular weight excluding hydrogens is 608 g/mol. The Balaban J connectivity index is 0. The van der Waals surface area contributed by atoms with Crippen LogP contribution in [0.25, 0.3) is 0 Å². The van der Waals surface area contributed by atoms with Crippen LogP contribution in [0.1, 0.15) is 60.5 Å². The maximum atomic E-state index is 11.9. The van der Waals surface area contributed by atoms with Crippen molar-refractivity contribution in [3.8, 4) is 11.8 Å². The molecule has 2 saturated heterocycles. The number of rotatable bonds is 4. The van der Waals surface area contributed by atoms with E-state index < -0.39 is 12.8 Å². The van der Waals surface area contributed by atoms with Crippen molar-refractivity contribution >= 4 is 17.7 Å². The number of hydrogen-bond acceptors (Lipinski definition) is 8. The molecule has 0 aromatic carbocycles. The van der Waals surface area contributed by atoms with Gasteiger partial charge in [0.1, 0.15) is 23.0 Å². The summed E-state index contributed by atoms with van der Waals surface area (Å²) in [6.07, 6.45) is 7.23.